The highest BCUT2D eigenvalue weighted by atomic mass is 32.2. The average molecular weight is 356 g/mol. The third-order valence-electron chi connectivity index (χ3n) is 4.04. The minimum absolute atomic E-state index is 0.0309. The topological polar surface area (TPSA) is 126 Å². The number of rotatable bonds is 2. The number of fused-ring (bicyclic) bond motifs is 2. The second-order valence-electron chi connectivity index (χ2n) is 5.42. The Morgan fingerprint density at radius 3 is 1.72 bits per heavy atom. The zero-order valence-electron chi connectivity index (χ0n) is 12.3. The lowest BCUT2D eigenvalue weighted by Gasteiger charge is -2.01. The summed E-state index contributed by atoms with van der Waals surface area (Å²) < 4.78 is 20.9. The highest BCUT2D eigenvalue weighted by molar-refractivity contribution is 7.79. The highest BCUT2D eigenvalue weighted by Gasteiger charge is 2.18. The summed E-state index contributed by atoms with van der Waals surface area (Å²) >= 11 is -2.17. The molecule has 2 aromatic heterocycles. The van der Waals surface area contributed by atoms with E-state index in [2.05, 4.69) is 4.98 Å². The first-order valence-electron chi connectivity index (χ1n) is 7.02. The summed E-state index contributed by atoms with van der Waals surface area (Å²) in [6, 6.07) is 7.87. The van der Waals surface area contributed by atoms with E-state index in [4.69, 9.17) is 4.55 Å². The minimum Gasteiger partial charge on any atom is -0.302 e. The van der Waals surface area contributed by atoms with Gasteiger partial charge in [0, 0.05) is 0 Å². The molecular formula is C16H8N2O6S. The van der Waals surface area contributed by atoms with Crippen LogP contribution in [-0.4, -0.2) is 18.3 Å². The molecule has 25 heavy (non-hydrogen) atoms. The minimum atomic E-state index is -2.17. The van der Waals surface area contributed by atoms with Gasteiger partial charge in [0.1, 0.15) is 0 Å². The van der Waals surface area contributed by atoms with Crippen LogP contribution in [-0.2, 0) is 11.1 Å². The normalized spacial score (nSPS) is 12.8. The van der Waals surface area contributed by atoms with Crippen LogP contribution >= 0.6 is 0 Å². The second-order valence-corrected chi connectivity index (χ2v) is 6.39. The molecular weight excluding hydrogens is 348 g/mol. The fraction of sp³-hybridized carbons (Fsp3) is 0. The van der Waals surface area contributed by atoms with Gasteiger partial charge in [-0.05, 0) is 36.4 Å². The summed E-state index contributed by atoms with van der Waals surface area (Å²) in [6.07, 6.45) is 0. The van der Waals surface area contributed by atoms with Crippen molar-refractivity contribution in [3.8, 4) is 5.69 Å². The molecule has 0 saturated carbocycles. The first-order chi connectivity index (χ1) is 11.9. The fourth-order valence-corrected chi connectivity index (χ4v) is 3.22. The first kappa shape index (κ1) is 15.4. The van der Waals surface area contributed by atoms with E-state index in [0.717, 1.165) is 4.57 Å². The van der Waals surface area contributed by atoms with Crippen molar-refractivity contribution in [3.05, 3.63) is 77.8 Å². The predicted molar refractivity (Wildman–Crippen MR) is 91.6 cm³/mol. The molecule has 124 valence electrons. The van der Waals surface area contributed by atoms with Crippen molar-refractivity contribution in [2.45, 2.75) is 4.90 Å². The van der Waals surface area contributed by atoms with E-state index in [1.54, 1.807) is 0 Å². The third kappa shape index (κ3) is 2.13. The molecule has 0 radical (unpaired) electrons. The van der Waals surface area contributed by atoms with Crippen LogP contribution in [0.2, 0.25) is 0 Å². The molecule has 1 unspecified atom stereocenters. The Kier molecular flexibility index (Phi) is 3.17. The Morgan fingerprint density at radius 1 is 0.800 bits per heavy atom. The van der Waals surface area contributed by atoms with E-state index < -0.39 is 33.3 Å². The number of aromatic amines is 1. The molecule has 0 amide bonds. The van der Waals surface area contributed by atoms with Gasteiger partial charge in [0.2, 0.25) is 0 Å². The van der Waals surface area contributed by atoms with E-state index in [9.17, 15) is 23.4 Å². The van der Waals surface area contributed by atoms with Crippen LogP contribution in [0.3, 0.4) is 0 Å². The molecule has 0 aliphatic heterocycles. The van der Waals surface area contributed by atoms with E-state index in [0.29, 0.717) is 0 Å². The Labute approximate surface area is 140 Å². The van der Waals surface area contributed by atoms with Crippen molar-refractivity contribution in [1.29, 1.82) is 0 Å². The smallest absolute Gasteiger partial charge is 0.266 e. The van der Waals surface area contributed by atoms with Gasteiger partial charge >= 0.3 is 0 Å². The number of aromatic nitrogens is 2. The van der Waals surface area contributed by atoms with Crippen LogP contribution in [0.1, 0.15) is 0 Å². The lowest BCUT2D eigenvalue weighted by atomic mass is 10.1. The SMILES string of the molecule is O=c1[nH]c(=O)c2cc3c(=O)n(-c4ccc(S(=O)O)cc4)c(=O)c3cc12. The quantitative estimate of drug-likeness (QED) is 0.487. The molecule has 2 aromatic carbocycles. The number of benzene rings is 2. The number of hydrogen-bond donors (Lipinski definition) is 2. The number of nitrogens with one attached hydrogen (secondary N) is 1. The summed E-state index contributed by atoms with van der Waals surface area (Å²) in [6.45, 7) is 0. The van der Waals surface area contributed by atoms with Gasteiger partial charge in [0.15, 0.2) is 11.1 Å². The van der Waals surface area contributed by atoms with Gasteiger partial charge in [0.05, 0.1) is 32.1 Å². The maximum atomic E-state index is 12.6. The summed E-state index contributed by atoms with van der Waals surface area (Å²) in [5.74, 6) is 0. The van der Waals surface area contributed by atoms with Crippen LogP contribution in [0.15, 0.2) is 60.5 Å². The summed E-state index contributed by atoms with van der Waals surface area (Å²) in [7, 11) is 0. The zero-order chi connectivity index (χ0) is 17.9. The lowest BCUT2D eigenvalue weighted by Crippen LogP contribution is -2.23. The van der Waals surface area contributed by atoms with Gasteiger partial charge in [0.25, 0.3) is 22.2 Å². The molecule has 0 fully saturated rings. The molecule has 4 aromatic rings. The van der Waals surface area contributed by atoms with Crippen molar-refractivity contribution in [3.63, 3.8) is 0 Å². The number of H-pyrrole nitrogens is 1. The standard InChI is InChI=1S/C16H8N2O6S/c19-13-9-5-11-12(6-10(9)14(20)17-13)16(22)18(15(11)21)7-1-3-8(4-2-7)25(23)24/h1-6H,(H,23,24)(H,17,19,20). The van der Waals surface area contributed by atoms with Gasteiger partial charge in [-0.3, -0.25) is 24.2 Å². The van der Waals surface area contributed by atoms with E-state index in [1.165, 1.54) is 36.4 Å². The highest BCUT2D eigenvalue weighted by Crippen LogP contribution is 2.16. The van der Waals surface area contributed by atoms with Crippen molar-refractivity contribution >= 4 is 32.6 Å². The molecule has 1 atom stereocenters. The van der Waals surface area contributed by atoms with Gasteiger partial charge in [-0.15, -0.1) is 0 Å². The molecule has 0 aliphatic carbocycles. The summed E-state index contributed by atoms with van der Waals surface area (Å²) in [5.41, 5.74) is -2.27. The molecule has 2 heterocycles. The molecule has 0 saturated heterocycles. The number of nitrogens with zero attached hydrogens (tertiary/aromatic N) is 1. The monoisotopic (exact) mass is 356 g/mol. The summed E-state index contributed by atoms with van der Waals surface area (Å²) in [4.78, 5) is 50.9. The lowest BCUT2D eigenvalue weighted by molar-refractivity contribution is 0.564. The van der Waals surface area contributed by atoms with Crippen molar-refractivity contribution < 1.29 is 8.76 Å². The van der Waals surface area contributed by atoms with E-state index >= 15 is 0 Å². The second kappa shape index (κ2) is 5.16. The fourth-order valence-electron chi connectivity index (χ4n) is 2.85. The summed E-state index contributed by atoms with van der Waals surface area (Å²) in [5, 5.41) is 0.169. The first-order valence-corrected chi connectivity index (χ1v) is 8.12. The van der Waals surface area contributed by atoms with Crippen molar-refractivity contribution in [2.24, 2.45) is 0 Å². The largest absolute Gasteiger partial charge is 0.302 e. The zero-order valence-corrected chi connectivity index (χ0v) is 13.1. The Bertz CT molecular complexity index is 1310. The van der Waals surface area contributed by atoms with Gasteiger partial charge in [-0.25, -0.2) is 8.78 Å². The van der Waals surface area contributed by atoms with Gasteiger partial charge in [-0.2, -0.15) is 0 Å². The third-order valence-corrected chi connectivity index (χ3v) is 4.71. The van der Waals surface area contributed by atoms with E-state index in [-0.39, 0.29) is 32.1 Å². The molecule has 4 rings (SSSR count). The molecule has 0 bridgehead atoms. The van der Waals surface area contributed by atoms with Crippen LogP contribution < -0.4 is 22.2 Å². The molecule has 8 nitrogen and oxygen atoms in total. The average Bonchev–Trinajstić information content (AvgIpc) is 3.01. The Hall–Kier alpha value is -3.17. The number of hydrogen-bond acceptors (Lipinski definition) is 5. The molecule has 0 aliphatic rings. The molecule has 0 spiro atoms. The van der Waals surface area contributed by atoms with Crippen LogP contribution in [0.5, 0.6) is 0 Å². The van der Waals surface area contributed by atoms with E-state index in [1.807, 2.05) is 0 Å². The van der Waals surface area contributed by atoms with Crippen LogP contribution in [0.4, 0.5) is 0 Å². The van der Waals surface area contributed by atoms with Crippen LogP contribution in [0, 0.1) is 0 Å². The predicted octanol–water partition coefficient (Wildman–Crippen LogP) is 0.00880. The van der Waals surface area contributed by atoms with Crippen LogP contribution in [0.25, 0.3) is 27.2 Å². The maximum absolute atomic E-state index is 12.6. The van der Waals surface area contributed by atoms with Gasteiger partial charge < -0.3 is 4.55 Å². The van der Waals surface area contributed by atoms with Crippen molar-refractivity contribution in [2.75, 3.05) is 0 Å². The van der Waals surface area contributed by atoms with Gasteiger partial charge in [-0.1, -0.05) is 0 Å². The Morgan fingerprint density at radius 2 is 1.28 bits per heavy atom. The molecule has 2 N–H and O–H groups in total. The Balaban J connectivity index is 2.07. The molecule has 9 heteroatoms. The van der Waals surface area contributed by atoms with Crippen molar-refractivity contribution in [1.82, 2.24) is 9.55 Å². The maximum Gasteiger partial charge on any atom is 0.266 e.